The molecular formula is C26H24F3N9O. The van der Waals surface area contributed by atoms with Crippen molar-refractivity contribution in [1.29, 1.82) is 0 Å². The van der Waals surface area contributed by atoms with Crippen molar-refractivity contribution < 1.29 is 18.0 Å². The van der Waals surface area contributed by atoms with Gasteiger partial charge in [-0.3, -0.25) is 9.48 Å². The van der Waals surface area contributed by atoms with Crippen LogP contribution in [0.3, 0.4) is 0 Å². The van der Waals surface area contributed by atoms with Gasteiger partial charge in [-0.1, -0.05) is 12.8 Å². The highest BCUT2D eigenvalue weighted by atomic mass is 19.4. The van der Waals surface area contributed by atoms with Crippen LogP contribution in [0.25, 0.3) is 33.7 Å². The molecule has 1 saturated carbocycles. The van der Waals surface area contributed by atoms with Gasteiger partial charge in [0.15, 0.2) is 11.3 Å². The number of aryl methyl sites for hydroxylation is 1. The number of carbonyl (C=O) groups excluding carboxylic acids is 1. The number of imidazole rings is 1. The third kappa shape index (κ3) is 4.49. The summed E-state index contributed by atoms with van der Waals surface area (Å²) in [7, 11) is 1.77. The van der Waals surface area contributed by atoms with Crippen LogP contribution in [0.5, 0.6) is 0 Å². The highest BCUT2D eigenvalue weighted by Gasteiger charge is 2.39. The molecule has 39 heavy (non-hydrogen) atoms. The highest BCUT2D eigenvalue weighted by molar-refractivity contribution is 5.95. The zero-order valence-corrected chi connectivity index (χ0v) is 20.9. The topological polar surface area (TPSA) is 121 Å². The molecule has 0 aliphatic heterocycles. The number of fused-ring (bicyclic) bond motifs is 1. The number of aromatic nitrogens is 7. The molecule has 0 spiro atoms. The Hall–Kier alpha value is -4.68. The lowest BCUT2D eigenvalue weighted by Crippen LogP contribution is -2.18. The van der Waals surface area contributed by atoms with Crippen LogP contribution in [0.15, 0.2) is 55.4 Å². The summed E-state index contributed by atoms with van der Waals surface area (Å²) in [4.78, 5) is 20.6. The molecule has 200 valence electrons. The number of nitrogens with one attached hydrogen (secondary N) is 1. The molecule has 1 fully saturated rings. The average molecular weight is 536 g/mol. The van der Waals surface area contributed by atoms with Gasteiger partial charge in [0.05, 0.1) is 40.7 Å². The van der Waals surface area contributed by atoms with E-state index in [1.807, 2.05) is 0 Å². The summed E-state index contributed by atoms with van der Waals surface area (Å²) in [5, 5.41) is 11.4. The van der Waals surface area contributed by atoms with Crippen LogP contribution in [0.2, 0.25) is 0 Å². The van der Waals surface area contributed by atoms with Crippen LogP contribution in [-0.2, 0) is 13.2 Å². The molecule has 10 nitrogen and oxygen atoms in total. The molecule has 13 heteroatoms. The number of hydrogen-bond donors (Lipinski definition) is 2. The van der Waals surface area contributed by atoms with Crippen LogP contribution in [-0.4, -0.2) is 46.0 Å². The summed E-state index contributed by atoms with van der Waals surface area (Å²) in [6, 6.07) is 6.17. The zero-order chi connectivity index (χ0) is 27.3. The van der Waals surface area contributed by atoms with Gasteiger partial charge in [-0.2, -0.15) is 23.4 Å². The van der Waals surface area contributed by atoms with Crippen molar-refractivity contribution in [1.82, 2.24) is 34.1 Å². The Labute approximate surface area is 220 Å². The molecule has 5 aromatic rings. The molecular weight excluding hydrogens is 511 g/mol. The van der Waals surface area contributed by atoms with E-state index in [4.69, 9.17) is 5.73 Å². The van der Waals surface area contributed by atoms with Gasteiger partial charge < -0.3 is 15.6 Å². The highest BCUT2D eigenvalue weighted by Crippen LogP contribution is 2.39. The number of amides is 1. The molecule has 1 aliphatic rings. The summed E-state index contributed by atoms with van der Waals surface area (Å²) in [6.07, 6.45) is 7.06. The first kappa shape index (κ1) is 24.6. The Morgan fingerprint density at radius 1 is 1.10 bits per heavy atom. The summed E-state index contributed by atoms with van der Waals surface area (Å²) in [6.45, 7) is 0. The number of benzene rings is 1. The number of anilines is 1. The fourth-order valence-corrected chi connectivity index (χ4v) is 5.04. The summed E-state index contributed by atoms with van der Waals surface area (Å²) >= 11 is 0. The Morgan fingerprint density at radius 2 is 1.90 bits per heavy atom. The minimum Gasteiger partial charge on any atom is -0.381 e. The monoisotopic (exact) mass is 535 g/mol. The largest absolute Gasteiger partial charge is 0.435 e. The quantitative estimate of drug-likeness (QED) is 0.331. The molecule has 3 N–H and O–H groups in total. The standard InChI is InChI=1S/C26H24F3N9O/c1-36-12-16(11-33-36)19-13-37(14-32-19)21-8-9-31-25-22(21)23(26(27,28)29)35-38(25)20-7-6-15(24(30)39)10-18(20)34-17-4-2-3-5-17/h6-14,17,34H,2-5H2,1H3,(H2,30,39). The van der Waals surface area contributed by atoms with Crippen molar-refractivity contribution in [2.24, 2.45) is 12.8 Å². The number of pyridine rings is 1. The third-order valence-electron chi connectivity index (χ3n) is 6.90. The van der Waals surface area contributed by atoms with Gasteiger partial charge in [-0.05, 0) is 37.1 Å². The predicted molar refractivity (Wildman–Crippen MR) is 138 cm³/mol. The molecule has 1 amide bonds. The molecule has 0 unspecified atom stereocenters. The van der Waals surface area contributed by atoms with Gasteiger partial charge in [0.2, 0.25) is 5.91 Å². The molecule has 1 aromatic carbocycles. The number of rotatable bonds is 6. The molecule has 1 aliphatic carbocycles. The second kappa shape index (κ2) is 9.26. The van der Waals surface area contributed by atoms with Gasteiger partial charge in [-0.15, -0.1) is 0 Å². The Morgan fingerprint density at radius 3 is 2.59 bits per heavy atom. The van der Waals surface area contributed by atoms with Crippen molar-refractivity contribution in [3.63, 3.8) is 0 Å². The third-order valence-corrected chi connectivity index (χ3v) is 6.90. The number of halogens is 3. The first-order valence-corrected chi connectivity index (χ1v) is 12.4. The minimum absolute atomic E-state index is 0.0118. The molecule has 4 aromatic heterocycles. The SMILES string of the molecule is Cn1cc(-c2cn(-c3ccnc4c3c(C(F)(F)F)nn4-c3ccc(C(N)=O)cc3NC3CCCC3)cn2)cn1. The van der Waals surface area contributed by atoms with Gasteiger partial charge in [-0.25, -0.2) is 14.6 Å². The van der Waals surface area contributed by atoms with E-state index in [1.165, 1.54) is 40.0 Å². The van der Waals surface area contributed by atoms with E-state index in [9.17, 15) is 18.0 Å². The van der Waals surface area contributed by atoms with E-state index in [-0.39, 0.29) is 28.3 Å². The first-order chi connectivity index (χ1) is 18.7. The number of alkyl halides is 3. The molecule has 6 rings (SSSR count). The maximum atomic E-state index is 14.4. The van der Waals surface area contributed by atoms with E-state index in [2.05, 4.69) is 25.5 Å². The lowest BCUT2D eigenvalue weighted by atomic mass is 10.1. The van der Waals surface area contributed by atoms with E-state index in [1.54, 1.807) is 36.4 Å². The minimum atomic E-state index is -4.76. The predicted octanol–water partition coefficient (Wildman–Crippen LogP) is 4.48. The molecule has 0 bridgehead atoms. The van der Waals surface area contributed by atoms with Crippen molar-refractivity contribution in [2.75, 3.05) is 5.32 Å². The van der Waals surface area contributed by atoms with Crippen LogP contribution >= 0.6 is 0 Å². The van der Waals surface area contributed by atoms with Crippen molar-refractivity contribution >= 4 is 22.6 Å². The van der Waals surface area contributed by atoms with E-state index in [0.29, 0.717) is 17.1 Å². The van der Waals surface area contributed by atoms with Gasteiger partial charge in [0.25, 0.3) is 0 Å². The average Bonchev–Trinajstić information content (AvgIpc) is 3.69. The summed E-state index contributed by atoms with van der Waals surface area (Å²) in [5.74, 6) is -0.637. The maximum Gasteiger partial charge on any atom is 0.435 e. The van der Waals surface area contributed by atoms with Gasteiger partial charge in [0, 0.05) is 42.8 Å². The summed E-state index contributed by atoms with van der Waals surface area (Å²) < 4.78 is 47.5. The fourth-order valence-electron chi connectivity index (χ4n) is 5.04. The van der Waals surface area contributed by atoms with Crippen molar-refractivity contribution in [2.45, 2.75) is 37.9 Å². The fraction of sp³-hybridized carbons (Fsp3) is 0.269. The second-order valence-electron chi connectivity index (χ2n) is 9.58. The number of nitrogens with two attached hydrogens (primary N) is 1. The maximum absolute atomic E-state index is 14.4. The smallest absolute Gasteiger partial charge is 0.381 e. The lowest BCUT2D eigenvalue weighted by Gasteiger charge is -2.18. The molecule has 0 radical (unpaired) electrons. The molecule has 0 saturated heterocycles. The number of carbonyl (C=O) groups is 1. The van der Waals surface area contributed by atoms with E-state index >= 15 is 0 Å². The van der Waals surface area contributed by atoms with Crippen LogP contribution in [0.4, 0.5) is 18.9 Å². The molecule has 4 heterocycles. The van der Waals surface area contributed by atoms with Crippen LogP contribution in [0.1, 0.15) is 41.7 Å². The van der Waals surface area contributed by atoms with E-state index in [0.717, 1.165) is 31.2 Å². The van der Waals surface area contributed by atoms with Crippen molar-refractivity contribution in [3.05, 3.63) is 66.6 Å². The Kier molecular flexibility index (Phi) is 5.85. The summed E-state index contributed by atoms with van der Waals surface area (Å²) in [5.41, 5.74) is 6.97. The lowest BCUT2D eigenvalue weighted by molar-refractivity contribution is -0.140. The van der Waals surface area contributed by atoms with Gasteiger partial charge in [0.1, 0.15) is 0 Å². The Balaban J connectivity index is 1.54. The Bertz CT molecular complexity index is 1690. The number of hydrogen-bond acceptors (Lipinski definition) is 6. The van der Waals surface area contributed by atoms with Crippen LogP contribution < -0.4 is 11.1 Å². The molecule has 0 atom stereocenters. The normalized spacial score (nSPS) is 14.4. The van der Waals surface area contributed by atoms with Crippen LogP contribution in [0, 0.1) is 0 Å². The zero-order valence-electron chi connectivity index (χ0n) is 20.9. The number of nitrogens with zero attached hydrogens (tertiary/aromatic N) is 7. The van der Waals surface area contributed by atoms with Crippen molar-refractivity contribution in [3.8, 4) is 22.6 Å². The van der Waals surface area contributed by atoms with Gasteiger partial charge >= 0.3 is 6.18 Å². The first-order valence-electron chi connectivity index (χ1n) is 12.4. The van der Waals surface area contributed by atoms with E-state index < -0.39 is 17.8 Å². The number of primary amides is 1. The second-order valence-corrected chi connectivity index (χ2v) is 9.58.